The molecule has 174 valence electrons. The lowest BCUT2D eigenvalue weighted by Crippen LogP contribution is -2.41. The van der Waals surface area contributed by atoms with Crippen molar-refractivity contribution in [3.8, 4) is 0 Å². The van der Waals surface area contributed by atoms with Crippen molar-refractivity contribution in [3.63, 3.8) is 0 Å². The summed E-state index contributed by atoms with van der Waals surface area (Å²) in [7, 11) is -3.95. The molecule has 4 aromatic carbocycles. The Bertz CT molecular complexity index is 1500. The fourth-order valence-electron chi connectivity index (χ4n) is 4.08. The number of amidine groups is 1. The number of aryl methyl sites for hydroxylation is 1. The van der Waals surface area contributed by atoms with Crippen LogP contribution in [0.2, 0.25) is 5.02 Å². The van der Waals surface area contributed by atoms with Crippen molar-refractivity contribution in [2.24, 2.45) is 4.99 Å². The van der Waals surface area contributed by atoms with Gasteiger partial charge in [0.05, 0.1) is 16.6 Å². The number of benzene rings is 4. The van der Waals surface area contributed by atoms with Gasteiger partial charge in [0, 0.05) is 16.1 Å². The Morgan fingerprint density at radius 1 is 0.743 bits per heavy atom. The van der Waals surface area contributed by atoms with Crippen LogP contribution in [0.3, 0.4) is 0 Å². The van der Waals surface area contributed by atoms with Gasteiger partial charge in [-0.1, -0.05) is 102 Å². The first kappa shape index (κ1) is 23.1. The van der Waals surface area contributed by atoms with Crippen molar-refractivity contribution in [1.82, 2.24) is 4.31 Å². The summed E-state index contributed by atoms with van der Waals surface area (Å²) in [5, 5.41) is 0.626. The molecule has 1 aliphatic heterocycles. The largest absolute Gasteiger partial charge is 0.266 e. The molecule has 1 heterocycles. The minimum Gasteiger partial charge on any atom is -0.238 e. The van der Waals surface area contributed by atoms with Crippen LogP contribution in [0.25, 0.3) is 5.70 Å². The van der Waals surface area contributed by atoms with E-state index in [-0.39, 0.29) is 4.90 Å². The van der Waals surface area contributed by atoms with Crippen molar-refractivity contribution < 1.29 is 8.42 Å². The third-order valence-corrected chi connectivity index (χ3v) is 7.93. The molecule has 0 saturated heterocycles. The molecule has 0 fully saturated rings. The molecule has 0 radical (unpaired) electrons. The molecule has 0 saturated carbocycles. The molecule has 0 N–H and O–H groups in total. The van der Waals surface area contributed by atoms with Crippen LogP contribution in [-0.4, -0.2) is 18.6 Å². The van der Waals surface area contributed by atoms with Gasteiger partial charge in [-0.3, -0.25) is 0 Å². The molecule has 1 atom stereocenters. The van der Waals surface area contributed by atoms with Gasteiger partial charge >= 0.3 is 0 Å². The van der Waals surface area contributed by atoms with E-state index in [1.165, 1.54) is 4.31 Å². The highest BCUT2D eigenvalue weighted by molar-refractivity contribution is 7.89. The molecule has 4 aromatic rings. The molecule has 0 spiro atoms. The highest BCUT2D eigenvalue weighted by atomic mass is 35.5. The highest BCUT2D eigenvalue weighted by Crippen LogP contribution is 2.38. The quantitative estimate of drug-likeness (QED) is 0.301. The zero-order valence-electron chi connectivity index (χ0n) is 19.0. The fourth-order valence-corrected chi connectivity index (χ4v) is 5.77. The fraction of sp³-hybridized carbons (Fsp3) is 0.0690. The minimum absolute atomic E-state index is 0.219. The predicted molar refractivity (Wildman–Crippen MR) is 142 cm³/mol. The first-order valence-corrected chi connectivity index (χ1v) is 13.0. The maximum Gasteiger partial charge on any atom is 0.266 e. The first-order chi connectivity index (χ1) is 16.9. The van der Waals surface area contributed by atoms with E-state index >= 15 is 0 Å². The van der Waals surface area contributed by atoms with E-state index in [0.29, 0.717) is 22.1 Å². The van der Waals surface area contributed by atoms with Gasteiger partial charge in [-0.25, -0.2) is 17.7 Å². The van der Waals surface area contributed by atoms with Gasteiger partial charge in [0.25, 0.3) is 10.0 Å². The number of halogens is 1. The number of hydrogen-bond acceptors (Lipinski definition) is 3. The SMILES string of the molecule is Cc1ccc(S(=O)(=O)N2C(c3ccccc3)=NC(c3ccc(Cl)cc3)=CC2c2ccccc2)cc1. The Morgan fingerprint density at radius 2 is 1.34 bits per heavy atom. The summed E-state index contributed by atoms with van der Waals surface area (Å²) in [6.07, 6.45) is 1.90. The van der Waals surface area contributed by atoms with Crippen LogP contribution in [0.1, 0.15) is 28.3 Å². The average molecular weight is 499 g/mol. The second-order valence-corrected chi connectivity index (χ2v) is 10.6. The van der Waals surface area contributed by atoms with E-state index in [0.717, 1.165) is 16.7 Å². The van der Waals surface area contributed by atoms with Crippen LogP contribution >= 0.6 is 11.6 Å². The van der Waals surface area contributed by atoms with Gasteiger partial charge in [-0.15, -0.1) is 0 Å². The lowest BCUT2D eigenvalue weighted by molar-refractivity contribution is 0.483. The summed E-state index contributed by atoms with van der Waals surface area (Å²) in [5.74, 6) is 0.368. The zero-order valence-corrected chi connectivity index (χ0v) is 20.6. The molecule has 35 heavy (non-hydrogen) atoms. The van der Waals surface area contributed by atoms with E-state index < -0.39 is 16.1 Å². The van der Waals surface area contributed by atoms with Gasteiger partial charge in [-0.2, -0.15) is 0 Å². The van der Waals surface area contributed by atoms with Crippen LogP contribution in [0.4, 0.5) is 0 Å². The van der Waals surface area contributed by atoms with E-state index in [9.17, 15) is 8.42 Å². The smallest absolute Gasteiger partial charge is 0.238 e. The highest BCUT2D eigenvalue weighted by Gasteiger charge is 2.37. The van der Waals surface area contributed by atoms with E-state index in [1.807, 2.05) is 110 Å². The summed E-state index contributed by atoms with van der Waals surface area (Å²) >= 11 is 6.12. The van der Waals surface area contributed by atoms with Gasteiger partial charge in [0.2, 0.25) is 0 Å². The zero-order chi connectivity index (χ0) is 24.4. The van der Waals surface area contributed by atoms with Crippen molar-refractivity contribution in [2.75, 3.05) is 0 Å². The lowest BCUT2D eigenvalue weighted by atomic mass is 10.0. The summed E-state index contributed by atoms with van der Waals surface area (Å²) < 4.78 is 29.7. The summed E-state index contributed by atoms with van der Waals surface area (Å²) in [6.45, 7) is 1.93. The van der Waals surface area contributed by atoms with Gasteiger partial charge in [0.1, 0.15) is 0 Å². The summed E-state index contributed by atoms with van der Waals surface area (Å²) in [4.78, 5) is 5.12. The van der Waals surface area contributed by atoms with E-state index in [1.54, 1.807) is 12.1 Å². The maximum atomic E-state index is 14.2. The Labute approximate surface area is 210 Å². The molecular weight excluding hydrogens is 476 g/mol. The molecule has 0 amide bonds. The molecule has 0 bridgehead atoms. The Kier molecular flexibility index (Phi) is 6.29. The monoisotopic (exact) mass is 498 g/mol. The average Bonchev–Trinajstić information content (AvgIpc) is 2.89. The molecule has 1 aliphatic rings. The minimum atomic E-state index is -3.95. The van der Waals surface area contributed by atoms with Gasteiger partial charge in [-0.05, 0) is 42.8 Å². The molecule has 4 nitrogen and oxygen atoms in total. The normalized spacial score (nSPS) is 15.9. The number of sulfonamides is 1. The van der Waals surface area contributed by atoms with Crippen LogP contribution in [0.5, 0.6) is 0 Å². The molecule has 6 heteroatoms. The summed E-state index contributed by atoms with van der Waals surface area (Å²) in [6, 6.07) is 32.8. The van der Waals surface area contributed by atoms with Crippen LogP contribution in [0.15, 0.2) is 125 Å². The van der Waals surface area contributed by atoms with E-state index in [2.05, 4.69) is 0 Å². The standard InChI is InChI=1S/C29H23ClN2O2S/c1-21-12-18-26(19-13-21)35(33,34)32-28(23-8-4-2-5-9-23)20-27(22-14-16-25(30)17-15-22)31-29(32)24-10-6-3-7-11-24/h2-20,28H,1H3. The Hall–Kier alpha value is -3.67. The number of nitrogens with zero attached hydrogens (tertiary/aromatic N) is 2. The first-order valence-electron chi connectivity index (χ1n) is 11.2. The van der Waals surface area contributed by atoms with Crippen molar-refractivity contribution in [2.45, 2.75) is 17.9 Å². The van der Waals surface area contributed by atoms with Gasteiger partial charge < -0.3 is 0 Å². The van der Waals surface area contributed by atoms with Gasteiger partial charge in [0.15, 0.2) is 5.84 Å². The molecule has 1 unspecified atom stereocenters. The molecule has 0 aliphatic carbocycles. The molecular formula is C29H23ClN2O2S. The third kappa shape index (κ3) is 4.65. The Balaban J connectivity index is 1.76. The Morgan fingerprint density at radius 3 is 1.97 bits per heavy atom. The van der Waals surface area contributed by atoms with Crippen molar-refractivity contribution in [1.29, 1.82) is 0 Å². The van der Waals surface area contributed by atoms with E-state index in [4.69, 9.17) is 16.6 Å². The number of aliphatic imine (C=N–C) groups is 1. The van der Waals surface area contributed by atoms with Crippen LogP contribution in [-0.2, 0) is 10.0 Å². The van der Waals surface area contributed by atoms with Crippen LogP contribution < -0.4 is 0 Å². The number of hydrogen-bond donors (Lipinski definition) is 0. The maximum absolute atomic E-state index is 14.2. The van der Waals surface area contributed by atoms with Crippen LogP contribution in [0, 0.1) is 6.92 Å². The molecule has 5 rings (SSSR count). The number of rotatable bonds is 5. The lowest BCUT2D eigenvalue weighted by Gasteiger charge is -2.35. The second kappa shape index (κ2) is 9.53. The second-order valence-electron chi connectivity index (χ2n) is 8.33. The third-order valence-electron chi connectivity index (χ3n) is 5.89. The molecule has 0 aromatic heterocycles. The topological polar surface area (TPSA) is 49.7 Å². The summed E-state index contributed by atoms with van der Waals surface area (Å²) in [5.41, 5.74) is 4.09. The van der Waals surface area contributed by atoms with Crippen molar-refractivity contribution >= 4 is 33.2 Å². The van der Waals surface area contributed by atoms with Crippen molar-refractivity contribution in [3.05, 3.63) is 143 Å². The predicted octanol–water partition coefficient (Wildman–Crippen LogP) is 6.88.